The van der Waals surface area contributed by atoms with E-state index < -0.39 is 8.07 Å². The molecule has 1 amide bonds. The number of alkyl halides is 1. The van der Waals surface area contributed by atoms with Gasteiger partial charge in [0.05, 0.1) is 0 Å². The quantitative estimate of drug-likeness (QED) is 0.405. The van der Waals surface area contributed by atoms with Gasteiger partial charge in [-0.05, 0) is 18.9 Å². The van der Waals surface area contributed by atoms with Gasteiger partial charge in [0.25, 0.3) is 0 Å². The summed E-state index contributed by atoms with van der Waals surface area (Å²) in [6, 6.07) is 1.13. The highest BCUT2D eigenvalue weighted by Crippen LogP contribution is 2.10. The van der Waals surface area contributed by atoms with Gasteiger partial charge in [-0.2, -0.15) is 0 Å². The predicted molar refractivity (Wildman–Crippen MR) is 89.5 cm³/mol. The molecule has 0 aliphatic carbocycles. The molecule has 1 rings (SSSR count). The summed E-state index contributed by atoms with van der Waals surface area (Å²) in [7, 11) is -1.07. The zero-order valence-electron chi connectivity index (χ0n) is 13.2. The summed E-state index contributed by atoms with van der Waals surface area (Å²) in [5.74, 6) is 1.10. The molecule has 0 aromatic carbocycles. The monoisotopic (exact) mass is 331 g/mol. The number of nitrogens with one attached hydrogen (secondary N) is 1. The maximum atomic E-state index is 11.8. The number of hydrogen-bond donors (Lipinski definition) is 1. The summed E-state index contributed by atoms with van der Waals surface area (Å²) in [6.07, 6.45) is 5.58. The third-order valence-electron chi connectivity index (χ3n) is 2.98. The Morgan fingerprint density at radius 1 is 1.43 bits per heavy atom. The highest BCUT2D eigenvalue weighted by molar-refractivity contribution is 6.76. The summed E-state index contributed by atoms with van der Waals surface area (Å²) < 4.78 is 7.47. The molecular weight excluding hydrogens is 306 g/mol. The zero-order valence-corrected chi connectivity index (χ0v) is 14.9. The molecule has 0 bridgehead atoms. The molecule has 0 radical (unpaired) electrons. The number of rotatable bonds is 10. The molecule has 1 aromatic heterocycles. The van der Waals surface area contributed by atoms with Gasteiger partial charge in [0.2, 0.25) is 11.9 Å². The molecule has 0 aliphatic heterocycles. The van der Waals surface area contributed by atoms with Gasteiger partial charge in [0.1, 0.15) is 6.73 Å². The number of anilines is 1. The highest BCUT2D eigenvalue weighted by Gasteiger charge is 2.12. The Morgan fingerprint density at radius 3 is 2.86 bits per heavy atom. The molecule has 0 saturated heterocycles. The number of nitrogens with zero attached hydrogens (tertiary/aromatic N) is 2. The average Bonchev–Trinajstić information content (AvgIpc) is 2.81. The number of aromatic nitrogens is 2. The van der Waals surface area contributed by atoms with Crippen LogP contribution in [-0.4, -0.2) is 36.0 Å². The molecule has 1 aromatic rings. The van der Waals surface area contributed by atoms with E-state index in [1.807, 2.05) is 10.8 Å². The van der Waals surface area contributed by atoms with Crippen molar-refractivity contribution in [1.82, 2.24) is 9.55 Å². The van der Waals surface area contributed by atoms with E-state index in [1.165, 1.54) is 0 Å². The third-order valence-corrected chi connectivity index (χ3v) is 4.95. The van der Waals surface area contributed by atoms with Crippen molar-refractivity contribution in [1.29, 1.82) is 0 Å². The van der Waals surface area contributed by atoms with E-state index in [9.17, 15) is 4.79 Å². The van der Waals surface area contributed by atoms with Crippen LogP contribution in [0.4, 0.5) is 5.95 Å². The van der Waals surface area contributed by atoms with Crippen molar-refractivity contribution in [3.63, 3.8) is 0 Å². The average molecular weight is 332 g/mol. The van der Waals surface area contributed by atoms with Crippen LogP contribution in [0.5, 0.6) is 0 Å². The van der Waals surface area contributed by atoms with Gasteiger partial charge in [-0.15, -0.1) is 11.6 Å². The highest BCUT2D eigenvalue weighted by atomic mass is 35.5. The van der Waals surface area contributed by atoms with Crippen LogP contribution in [0, 0.1) is 0 Å². The van der Waals surface area contributed by atoms with E-state index in [0.29, 0.717) is 25.0 Å². The largest absolute Gasteiger partial charge is 0.361 e. The Labute approximate surface area is 133 Å². The van der Waals surface area contributed by atoms with E-state index in [2.05, 4.69) is 29.9 Å². The summed E-state index contributed by atoms with van der Waals surface area (Å²) in [5.41, 5.74) is 0. The molecular formula is C14H26ClN3O2Si. The van der Waals surface area contributed by atoms with Gasteiger partial charge >= 0.3 is 0 Å². The molecule has 1 heterocycles. The van der Waals surface area contributed by atoms with E-state index >= 15 is 0 Å². The zero-order chi connectivity index (χ0) is 15.7. The van der Waals surface area contributed by atoms with Crippen molar-refractivity contribution in [2.45, 2.75) is 51.7 Å². The molecule has 0 unspecified atom stereocenters. The van der Waals surface area contributed by atoms with Crippen LogP contribution in [0.15, 0.2) is 12.4 Å². The van der Waals surface area contributed by atoms with Gasteiger partial charge in [-0.3, -0.25) is 14.7 Å². The lowest BCUT2D eigenvalue weighted by molar-refractivity contribution is -0.116. The lowest BCUT2D eigenvalue weighted by Gasteiger charge is -2.16. The molecule has 5 nitrogen and oxygen atoms in total. The van der Waals surface area contributed by atoms with Crippen LogP contribution in [-0.2, 0) is 16.3 Å². The van der Waals surface area contributed by atoms with E-state index in [-0.39, 0.29) is 5.91 Å². The maximum Gasteiger partial charge on any atom is 0.226 e. The third kappa shape index (κ3) is 8.23. The normalized spacial score (nSPS) is 11.6. The second-order valence-electron chi connectivity index (χ2n) is 6.26. The number of unbranched alkanes of at least 4 members (excludes halogenated alkanes) is 1. The van der Waals surface area contributed by atoms with Crippen LogP contribution >= 0.6 is 11.6 Å². The van der Waals surface area contributed by atoms with Gasteiger partial charge in [-0.25, -0.2) is 4.98 Å². The summed E-state index contributed by atoms with van der Waals surface area (Å²) in [6.45, 7) is 8.12. The first-order valence-electron chi connectivity index (χ1n) is 7.37. The fourth-order valence-corrected chi connectivity index (χ4v) is 2.59. The Morgan fingerprint density at radius 2 is 2.19 bits per heavy atom. The van der Waals surface area contributed by atoms with Gasteiger partial charge < -0.3 is 4.74 Å². The van der Waals surface area contributed by atoms with Crippen LogP contribution < -0.4 is 5.32 Å². The Bertz CT molecular complexity index is 432. The van der Waals surface area contributed by atoms with Crippen LogP contribution in [0.2, 0.25) is 25.7 Å². The summed E-state index contributed by atoms with van der Waals surface area (Å²) in [4.78, 5) is 15.9. The maximum absolute atomic E-state index is 11.8. The topological polar surface area (TPSA) is 56.1 Å². The number of halogens is 1. The van der Waals surface area contributed by atoms with Crippen LogP contribution in [0.1, 0.15) is 19.3 Å². The Kier molecular flexibility index (Phi) is 7.99. The fraction of sp³-hybridized carbons (Fsp3) is 0.714. The number of carbonyl (C=O) groups excluding carboxylic acids is 1. The Hall–Kier alpha value is -0.853. The lowest BCUT2D eigenvalue weighted by Crippen LogP contribution is -2.22. The minimum absolute atomic E-state index is 0.0327. The standard InChI is InChI=1S/C14H26ClN3O2Si/c1-21(2,3)11-10-20-12-18-9-8-16-14(18)17-13(19)6-4-5-7-15/h8-9H,4-7,10-12H2,1-3H3,(H,16,17,19). The first-order valence-corrected chi connectivity index (χ1v) is 11.6. The number of imidazole rings is 1. The second-order valence-corrected chi connectivity index (χ2v) is 12.3. The van der Waals surface area contributed by atoms with Gasteiger partial charge in [0, 0.05) is 39.4 Å². The fourth-order valence-electron chi connectivity index (χ4n) is 1.65. The molecule has 7 heteroatoms. The summed E-state index contributed by atoms with van der Waals surface area (Å²) >= 11 is 5.59. The van der Waals surface area contributed by atoms with Crippen molar-refractivity contribution >= 4 is 31.5 Å². The number of ether oxygens (including phenoxy) is 1. The summed E-state index contributed by atoms with van der Waals surface area (Å²) in [5, 5.41) is 2.81. The van der Waals surface area contributed by atoms with E-state index in [4.69, 9.17) is 16.3 Å². The molecule has 0 spiro atoms. The minimum Gasteiger partial charge on any atom is -0.361 e. The van der Waals surface area contributed by atoms with Crippen molar-refractivity contribution < 1.29 is 9.53 Å². The molecule has 21 heavy (non-hydrogen) atoms. The first-order chi connectivity index (χ1) is 9.92. The number of amides is 1. The van der Waals surface area contributed by atoms with Crippen molar-refractivity contribution in [2.75, 3.05) is 17.8 Å². The van der Waals surface area contributed by atoms with Gasteiger partial charge in [0.15, 0.2) is 0 Å². The molecule has 0 fully saturated rings. The predicted octanol–water partition coefficient (Wildman–Crippen LogP) is 3.54. The molecule has 0 atom stereocenters. The SMILES string of the molecule is C[Si](C)(C)CCOCn1ccnc1NC(=O)CCCCCl. The minimum atomic E-state index is -1.07. The van der Waals surface area contributed by atoms with Gasteiger partial charge in [-0.1, -0.05) is 19.6 Å². The second kappa shape index (κ2) is 9.22. The molecule has 120 valence electrons. The van der Waals surface area contributed by atoms with Crippen molar-refractivity contribution in [3.05, 3.63) is 12.4 Å². The number of carbonyl (C=O) groups is 1. The first kappa shape index (κ1) is 18.2. The van der Waals surface area contributed by atoms with Crippen LogP contribution in [0.3, 0.4) is 0 Å². The Balaban J connectivity index is 2.34. The van der Waals surface area contributed by atoms with E-state index in [0.717, 1.165) is 25.5 Å². The number of hydrogen-bond acceptors (Lipinski definition) is 3. The smallest absolute Gasteiger partial charge is 0.226 e. The molecule has 0 saturated carbocycles. The van der Waals surface area contributed by atoms with Crippen LogP contribution in [0.25, 0.3) is 0 Å². The van der Waals surface area contributed by atoms with E-state index in [1.54, 1.807) is 6.20 Å². The lowest BCUT2D eigenvalue weighted by atomic mass is 10.2. The van der Waals surface area contributed by atoms with Crippen molar-refractivity contribution in [2.24, 2.45) is 0 Å². The molecule has 1 N–H and O–H groups in total. The molecule has 0 aliphatic rings. The van der Waals surface area contributed by atoms with Crippen molar-refractivity contribution in [3.8, 4) is 0 Å².